The number of phenolic OH excluding ortho intramolecular Hbond substituents is 2. The van der Waals surface area contributed by atoms with E-state index in [1.54, 1.807) is 6.07 Å². The molecule has 4 nitrogen and oxygen atoms in total. The standard InChI is InChI=1S/C22H36O4/c1-2-3-4-5-6-7-8-9-10-11-12-13-16-26-22(25)18-19-14-15-20(23)21(24)17-19/h14-15,17,23-24H,2-13,16,18H2,1H3. The zero-order chi connectivity index (χ0) is 19.0. The molecule has 1 aromatic carbocycles. The SMILES string of the molecule is CCCCCCCCCCCCCCOC(=O)Cc1ccc(O)c(O)c1. The molecule has 26 heavy (non-hydrogen) atoms. The van der Waals surface area contributed by atoms with Crippen molar-refractivity contribution in [3.8, 4) is 11.5 Å². The van der Waals surface area contributed by atoms with Crippen molar-refractivity contribution in [3.63, 3.8) is 0 Å². The summed E-state index contributed by atoms with van der Waals surface area (Å²) in [6, 6.07) is 4.38. The molecule has 0 saturated carbocycles. The Balaban J connectivity index is 1.91. The van der Waals surface area contributed by atoms with Crippen molar-refractivity contribution in [2.24, 2.45) is 0 Å². The molecule has 4 heteroatoms. The summed E-state index contributed by atoms with van der Waals surface area (Å²) in [5.74, 6) is -0.687. The highest BCUT2D eigenvalue weighted by atomic mass is 16.5. The molecule has 0 fully saturated rings. The fourth-order valence-corrected chi connectivity index (χ4v) is 3.03. The van der Waals surface area contributed by atoms with Crippen molar-refractivity contribution in [1.29, 1.82) is 0 Å². The third-order valence-corrected chi connectivity index (χ3v) is 4.65. The number of phenols is 2. The Morgan fingerprint density at radius 1 is 0.808 bits per heavy atom. The van der Waals surface area contributed by atoms with Crippen LogP contribution < -0.4 is 0 Å². The first kappa shape index (κ1) is 22.3. The largest absolute Gasteiger partial charge is 0.504 e. The molecule has 0 amide bonds. The lowest BCUT2D eigenvalue weighted by Gasteiger charge is -2.06. The van der Waals surface area contributed by atoms with Gasteiger partial charge in [-0.15, -0.1) is 0 Å². The second kappa shape index (κ2) is 14.5. The van der Waals surface area contributed by atoms with Gasteiger partial charge >= 0.3 is 5.97 Å². The van der Waals surface area contributed by atoms with E-state index >= 15 is 0 Å². The van der Waals surface area contributed by atoms with Crippen molar-refractivity contribution in [2.45, 2.75) is 90.4 Å². The molecular weight excluding hydrogens is 328 g/mol. The number of hydrogen-bond donors (Lipinski definition) is 2. The minimum absolute atomic E-state index is 0.117. The molecule has 1 rings (SSSR count). The van der Waals surface area contributed by atoms with Gasteiger partial charge in [-0.3, -0.25) is 4.79 Å². The third-order valence-electron chi connectivity index (χ3n) is 4.65. The minimum atomic E-state index is -0.293. The quantitative estimate of drug-likeness (QED) is 0.231. The maximum Gasteiger partial charge on any atom is 0.310 e. The number of esters is 1. The van der Waals surface area contributed by atoms with Crippen molar-refractivity contribution in [2.75, 3.05) is 6.61 Å². The summed E-state index contributed by atoms with van der Waals surface area (Å²) in [7, 11) is 0. The molecule has 0 aliphatic heterocycles. The van der Waals surface area contributed by atoms with Gasteiger partial charge in [-0.2, -0.15) is 0 Å². The van der Waals surface area contributed by atoms with E-state index in [1.807, 2.05) is 0 Å². The van der Waals surface area contributed by atoms with Gasteiger partial charge in [0.2, 0.25) is 0 Å². The Bertz CT molecular complexity index is 499. The van der Waals surface area contributed by atoms with Crippen LogP contribution in [0.1, 0.15) is 89.5 Å². The summed E-state index contributed by atoms with van der Waals surface area (Å²) >= 11 is 0. The van der Waals surface area contributed by atoms with Crippen LogP contribution in [-0.4, -0.2) is 22.8 Å². The van der Waals surface area contributed by atoms with Gasteiger partial charge in [-0.25, -0.2) is 0 Å². The fourth-order valence-electron chi connectivity index (χ4n) is 3.03. The Hall–Kier alpha value is -1.71. The molecule has 0 bridgehead atoms. The van der Waals surface area contributed by atoms with Gasteiger partial charge in [-0.05, 0) is 24.1 Å². The molecule has 0 aromatic heterocycles. The Morgan fingerprint density at radius 2 is 1.35 bits per heavy atom. The number of rotatable bonds is 15. The van der Waals surface area contributed by atoms with E-state index in [9.17, 15) is 15.0 Å². The first-order valence-corrected chi connectivity index (χ1v) is 10.3. The maximum absolute atomic E-state index is 11.7. The van der Waals surface area contributed by atoms with Gasteiger partial charge in [0.15, 0.2) is 11.5 Å². The minimum Gasteiger partial charge on any atom is -0.504 e. The summed E-state index contributed by atoms with van der Waals surface area (Å²) in [6.45, 7) is 2.71. The smallest absolute Gasteiger partial charge is 0.310 e. The van der Waals surface area contributed by atoms with Crippen LogP contribution in [0.25, 0.3) is 0 Å². The van der Waals surface area contributed by atoms with Crippen LogP contribution in [0.4, 0.5) is 0 Å². The Labute approximate surface area is 158 Å². The first-order chi connectivity index (χ1) is 12.6. The highest BCUT2D eigenvalue weighted by molar-refractivity contribution is 5.72. The monoisotopic (exact) mass is 364 g/mol. The van der Waals surface area contributed by atoms with Gasteiger partial charge in [0.05, 0.1) is 13.0 Å². The summed E-state index contributed by atoms with van der Waals surface area (Å²) in [5.41, 5.74) is 0.639. The number of benzene rings is 1. The number of unbranched alkanes of at least 4 members (excludes halogenated alkanes) is 11. The summed E-state index contributed by atoms with van der Waals surface area (Å²) < 4.78 is 5.22. The molecule has 0 spiro atoms. The third kappa shape index (κ3) is 11.0. The molecule has 0 aliphatic rings. The van der Waals surface area contributed by atoms with Crippen LogP contribution in [0, 0.1) is 0 Å². The van der Waals surface area contributed by atoms with E-state index in [2.05, 4.69) is 6.92 Å². The highest BCUT2D eigenvalue weighted by Gasteiger charge is 2.07. The predicted octanol–water partition coefficient (Wildman–Crippen LogP) is 5.88. The van der Waals surface area contributed by atoms with Crippen LogP contribution in [0.15, 0.2) is 18.2 Å². The van der Waals surface area contributed by atoms with E-state index in [0.29, 0.717) is 12.2 Å². The van der Waals surface area contributed by atoms with Crippen LogP contribution in [0.5, 0.6) is 11.5 Å². The topological polar surface area (TPSA) is 66.8 Å². The van der Waals surface area contributed by atoms with Crippen molar-refractivity contribution < 1.29 is 19.7 Å². The van der Waals surface area contributed by atoms with Crippen LogP contribution in [-0.2, 0) is 16.0 Å². The van der Waals surface area contributed by atoms with E-state index in [4.69, 9.17) is 4.74 Å². The lowest BCUT2D eigenvalue weighted by Crippen LogP contribution is -2.09. The molecule has 0 saturated heterocycles. The van der Waals surface area contributed by atoms with Crippen LogP contribution >= 0.6 is 0 Å². The molecular formula is C22H36O4. The van der Waals surface area contributed by atoms with E-state index < -0.39 is 0 Å². The normalized spacial score (nSPS) is 10.8. The van der Waals surface area contributed by atoms with E-state index in [-0.39, 0.29) is 23.9 Å². The lowest BCUT2D eigenvalue weighted by molar-refractivity contribution is -0.142. The van der Waals surface area contributed by atoms with Crippen molar-refractivity contribution in [3.05, 3.63) is 23.8 Å². The lowest BCUT2D eigenvalue weighted by atomic mass is 10.1. The molecule has 0 radical (unpaired) electrons. The van der Waals surface area contributed by atoms with Gasteiger partial charge in [0, 0.05) is 0 Å². The highest BCUT2D eigenvalue weighted by Crippen LogP contribution is 2.25. The van der Waals surface area contributed by atoms with Crippen LogP contribution in [0.2, 0.25) is 0 Å². The molecule has 0 aliphatic carbocycles. The van der Waals surface area contributed by atoms with E-state index in [0.717, 1.165) is 12.8 Å². The number of carbonyl (C=O) groups is 1. The number of aromatic hydroxyl groups is 2. The first-order valence-electron chi connectivity index (χ1n) is 10.3. The summed E-state index contributed by atoms with van der Waals surface area (Å²) in [6.07, 6.45) is 15.5. The molecule has 0 heterocycles. The van der Waals surface area contributed by atoms with Gasteiger partial charge < -0.3 is 14.9 Å². The van der Waals surface area contributed by atoms with Crippen LogP contribution in [0.3, 0.4) is 0 Å². The molecule has 0 atom stereocenters. The number of ether oxygens (including phenoxy) is 1. The average molecular weight is 365 g/mol. The van der Waals surface area contributed by atoms with E-state index in [1.165, 1.54) is 76.3 Å². The zero-order valence-electron chi connectivity index (χ0n) is 16.3. The second-order valence-corrected chi connectivity index (χ2v) is 7.11. The molecule has 1 aromatic rings. The number of carbonyl (C=O) groups excluding carboxylic acids is 1. The van der Waals surface area contributed by atoms with Crippen molar-refractivity contribution in [1.82, 2.24) is 0 Å². The summed E-state index contributed by atoms with van der Waals surface area (Å²) in [5, 5.41) is 18.7. The predicted molar refractivity (Wildman–Crippen MR) is 106 cm³/mol. The van der Waals surface area contributed by atoms with Crippen molar-refractivity contribution >= 4 is 5.97 Å². The van der Waals surface area contributed by atoms with Gasteiger partial charge in [0.25, 0.3) is 0 Å². The summed E-state index contributed by atoms with van der Waals surface area (Å²) in [4.78, 5) is 11.7. The molecule has 2 N–H and O–H groups in total. The number of hydrogen-bond acceptors (Lipinski definition) is 4. The van der Waals surface area contributed by atoms with Gasteiger partial charge in [-0.1, -0.05) is 83.6 Å². The van der Waals surface area contributed by atoms with Gasteiger partial charge in [0.1, 0.15) is 0 Å². The molecule has 148 valence electrons. The average Bonchev–Trinajstić information content (AvgIpc) is 2.62. The Kier molecular flexibility index (Phi) is 12.4. The second-order valence-electron chi connectivity index (χ2n) is 7.11. The molecule has 0 unspecified atom stereocenters. The zero-order valence-corrected chi connectivity index (χ0v) is 16.3. The maximum atomic E-state index is 11.7. The fraction of sp³-hybridized carbons (Fsp3) is 0.682. The Morgan fingerprint density at radius 3 is 1.88 bits per heavy atom.